The lowest BCUT2D eigenvalue weighted by molar-refractivity contribution is 0.0697. The van der Waals surface area contributed by atoms with Crippen LogP contribution in [0.1, 0.15) is 10.4 Å². The smallest absolute Gasteiger partial charge is 0.339 e. The third-order valence-corrected chi connectivity index (χ3v) is 2.63. The van der Waals surface area contributed by atoms with Crippen LogP contribution in [0.25, 0.3) is 0 Å². The fourth-order valence-corrected chi connectivity index (χ4v) is 1.72. The summed E-state index contributed by atoms with van der Waals surface area (Å²) in [5.74, 6) is -4.55. The van der Waals surface area contributed by atoms with Gasteiger partial charge in [0, 0.05) is 6.07 Å². The zero-order valence-corrected chi connectivity index (χ0v) is 10.4. The molecule has 0 fully saturated rings. The summed E-state index contributed by atoms with van der Waals surface area (Å²) in [5, 5.41) is 10.9. The molecule has 0 spiro atoms. The normalized spacial score (nSPS) is 10.4. The Morgan fingerprint density at radius 2 is 1.90 bits per heavy atom. The van der Waals surface area contributed by atoms with Gasteiger partial charge >= 0.3 is 5.97 Å². The molecule has 0 aliphatic heterocycles. The minimum atomic E-state index is -1.46. The summed E-state index contributed by atoms with van der Waals surface area (Å²) in [6.45, 7) is 0. The Morgan fingerprint density at radius 1 is 1.20 bits per heavy atom. The van der Waals surface area contributed by atoms with Gasteiger partial charge in [0.2, 0.25) is 0 Å². The molecule has 0 unspecified atom stereocenters. The number of nitrogens with one attached hydrogen (secondary N) is 1. The molecular formula is C12H6ClF3N2O2. The van der Waals surface area contributed by atoms with E-state index in [1.807, 2.05) is 0 Å². The number of hydrogen-bond acceptors (Lipinski definition) is 3. The van der Waals surface area contributed by atoms with Crippen molar-refractivity contribution in [3.8, 4) is 0 Å². The minimum Gasteiger partial charge on any atom is -0.478 e. The fourth-order valence-electron chi connectivity index (χ4n) is 1.48. The van der Waals surface area contributed by atoms with Gasteiger partial charge < -0.3 is 10.4 Å². The number of carbonyl (C=O) groups is 1. The van der Waals surface area contributed by atoms with Crippen molar-refractivity contribution in [1.82, 2.24) is 4.98 Å². The van der Waals surface area contributed by atoms with Crippen LogP contribution in [-0.2, 0) is 0 Å². The lowest BCUT2D eigenvalue weighted by atomic mass is 10.2. The molecule has 20 heavy (non-hydrogen) atoms. The number of hydrogen-bond donors (Lipinski definition) is 2. The van der Waals surface area contributed by atoms with Crippen LogP contribution in [0.3, 0.4) is 0 Å². The monoisotopic (exact) mass is 302 g/mol. The van der Waals surface area contributed by atoms with Crippen LogP contribution in [0.2, 0.25) is 5.02 Å². The third kappa shape index (κ3) is 2.83. The van der Waals surface area contributed by atoms with Crippen molar-refractivity contribution in [2.45, 2.75) is 0 Å². The molecule has 0 atom stereocenters. The average Bonchev–Trinajstić information content (AvgIpc) is 2.34. The predicted molar refractivity (Wildman–Crippen MR) is 65.8 cm³/mol. The SMILES string of the molecule is O=C(O)c1cc(F)cnc1Nc1c(F)cc(F)cc1Cl. The maximum absolute atomic E-state index is 13.6. The van der Waals surface area contributed by atoms with Crippen LogP contribution >= 0.6 is 11.6 Å². The molecule has 1 aromatic heterocycles. The van der Waals surface area contributed by atoms with Gasteiger partial charge in [0.25, 0.3) is 0 Å². The topological polar surface area (TPSA) is 62.2 Å². The highest BCUT2D eigenvalue weighted by Crippen LogP contribution is 2.30. The van der Waals surface area contributed by atoms with E-state index in [0.29, 0.717) is 12.1 Å². The number of halogens is 4. The van der Waals surface area contributed by atoms with Gasteiger partial charge in [-0.1, -0.05) is 11.6 Å². The summed E-state index contributed by atoms with van der Waals surface area (Å²) < 4.78 is 39.4. The minimum absolute atomic E-state index is 0.301. The van der Waals surface area contributed by atoms with Crippen LogP contribution in [0.5, 0.6) is 0 Å². The largest absolute Gasteiger partial charge is 0.478 e. The van der Waals surface area contributed by atoms with E-state index in [4.69, 9.17) is 16.7 Å². The quantitative estimate of drug-likeness (QED) is 0.909. The van der Waals surface area contributed by atoms with E-state index in [2.05, 4.69) is 10.3 Å². The number of rotatable bonds is 3. The van der Waals surface area contributed by atoms with Gasteiger partial charge in [0.1, 0.15) is 23.0 Å². The van der Waals surface area contributed by atoms with Crippen LogP contribution in [0, 0.1) is 17.5 Å². The maximum atomic E-state index is 13.6. The second-order valence-corrected chi connectivity index (χ2v) is 4.13. The van der Waals surface area contributed by atoms with Crippen molar-refractivity contribution in [2.24, 2.45) is 0 Å². The van der Waals surface area contributed by atoms with E-state index in [1.165, 1.54) is 0 Å². The van der Waals surface area contributed by atoms with Gasteiger partial charge in [0.15, 0.2) is 5.82 Å². The highest BCUT2D eigenvalue weighted by molar-refractivity contribution is 6.33. The van der Waals surface area contributed by atoms with Gasteiger partial charge in [-0.15, -0.1) is 0 Å². The first-order valence-electron chi connectivity index (χ1n) is 5.19. The Bertz CT molecular complexity index is 671. The molecular weight excluding hydrogens is 297 g/mol. The molecule has 0 amide bonds. The molecule has 0 aliphatic carbocycles. The second-order valence-electron chi connectivity index (χ2n) is 3.72. The second kappa shape index (κ2) is 5.38. The number of anilines is 2. The number of carboxylic acid groups (broad SMARTS) is 1. The summed E-state index contributed by atoms with van der Waals surface area (Å²) >= 11 is 5.66. The van der Waals surface area contributed by atoms with Gasteiger partial charge in [-0.25, -0.2) is 22.9 Å². The molecule has 8 heteroatoms. The molecule has 1 heterocycles. The van der Waals surface area contributed by atoms with Gasteiger partial charge in [-0.3, -0.25) is 0 Å². The number of carboxylic acids is 1. The van der Waals surface area contributed by atoms with Crippen molar-refractivity contribution in [2.75, 3.05) is 5.32 Å². The molecule has 0 saturated heterocycles. The zero-order chi connectivity index (χ0) is 14.9. The molecule has 0 aliphatic rings. The van der Waals surface area contributed by atoms with Crippen molar-refractivity contribution in [3.05, 3.63) is 52.4 Å². The van der Waals surface area contributed by atoms with Crippen molar-refractivity contribution >= 4 is 29.1 Å². The first-order valence-corrected chi connectivity index (χ1v) is 5.56. The first-order chi connectivity index (χ1) is 9.38. The number of aromatic carboxylic acids is 1. The van der Waals surface area contributed by atoms with Crippen LogP contribution < -0.4 is 5.32 Å². The van der Waals surface area contributed by atoms with Gasteiger partial charge in [-0.05, 0) is 12.1 Å². The summed E-state index contributed by atoms with van der Waals surface area (Å²) in [4.78, 5) is 14.5. The first kappa shape index (κ1) is 14.1. The van der Waals surface area contributed by atoms with Gasteiger partial charge in [-0.2, -0.15) is 0 Å². The number of aromatic nitrogens is 1. The Kier molecular flexibility index (Phi) is 3.80. The fraction of sp³-hybridized carbons (Fsp3) is 0. The number of nitrogens with zero attached hydrogens (tertiary/aromatic N) is 1. The standard InChI is InChI=1S/C12H6ClF3N2O2/c13-8-2-5(14)3-9(16)10(8)18-11-7(12(19)20)1-6(15)4-17-11/h1-4H,(H,17,18)(H,19,20). The Morgan fingerprint density at radius 3 is 2.50 bits per heavy atom. The van der Waals surface area contributed by atoms with Crippen molar-refractivity contribution in [3.63, 3.8) is 0 Å². The zero-order valence-electron chi connectivity index (χ0n) is 9.62. The van der Waals surface area contributed by atoms with E-state index < -0.39 is 29.0 Å². The lowest BCUT2D eigenvalue weighted by Gasteiger charge is -2.11. The Hall–Kier alpha value is -2.28. The molecule has 0 saturated carbocycles. The molecule has 4 nitrogen and oxygen atoms in total. The van der Waals surface area contributed by atoms with Crippen LogP contribution in [-0.4, -0.2) is 16.1 Å². The molecule has 2 rings (SSSR count). The van der Waals surface area contributed by atoms with Crippen molar-refractivity contribution < 1.29 is 23.1 Å². The van der Waals surface area contributed by atoms with Crippen LogP contribution in [0.4, 0.5) is 24.7 Å². The Labute approximate surface area is 115 Å². The molecule has 0 radical (unpaired) electrons. The average molecular weight is 303 g/mol. The van der Waals surface area contributed by atoms with E-state index in [0.717, 1.165) is 12.3 Å². The van der Waals surface area contributed by atoms with Crippen molar-refractivity contribution in [1.29, 1.82) is 0 Å². The van der Waals surface area contributed by atoms with E-state index >= 15 is 0 Å². The predicted octanol–water partition coefficient (Wildman–Crippen LogP) is 3.59. The Balaban J connectivity index is 2.48. The van der Waals surface area contributed by atoms with Gasteiger partial charge in [0.05, 0.1) is 16.9 Å². The van der Waals surface area contributed by atoms with Crippen LogP contribution in [0.15, 0.2) is 24.4 Å². The third-order valence-electron chi connectivity index (χ3n) is 2.34. The summed E-state index contributed by atoms with van der Waals surface area (Å²) in [6.07, 6.45) is 0.754. The molecule has 2 N–H and O–H groups in total. The molecule has 2 aromatic rings. The molecule has 104 valence electrons. The summed E-state index contributed by atoms with van der Waals surface area (Å²) in [6, 6.07) is 2.13. The highest BCUT2D eigenvalue weighted by atomic mass is 35.5. The lowest BCUT2D eigenvalue weighted by Crippen LogP contribution is -2.07. The van der Waals surface area contributed by atoms with E-state index in [9.17, 15) is 18.0 Å². The summed E-state index contributed by atoms with van der Waals surface area (Å²) in [7, 11) is 0. The highest BCUT2D eigenvalue weighted by Gasteiger charge is 2.17. The molecule has 1 aromatic carbocycles. The molecule has 0 bridgehead atoms. The number of pyridine rings is 1. The summed E-state index contributed by atoms with van der Waals surface area (Å²) in [5.41, 5.74) is -0.862. The van der Waals surface area contributed by atoms with E-state index in [1.54, 1.807) is 0 Å². The maximum Gasteiger partial charge on any atom is 0.339 e. The van der Waals surface area contributed by atoms with E-state index in [-0.39, 0.29) is 16.5 Å². The number of benzene rings is 1.